The summed E-state index contributed by atoms with van der Waals surface area (Å²) in [5.74, 6) is 0. The molecule has 2 aliphatic rings. The number of hydrogen-bond donors (Lipinski definition) is 3. The van der Waals surface area contributed by atoms with Gasteiger partial charge in [-0.1, -0.05) is 0 Å². The highest BCUT2D eigenvalue weighted by Gasteiger charge is 2.28. The van der Waals surface area contributed by atoms with Gasteiger partial charge in [0.05, 0.1) is 4.90 Å². The third-order valence-corrected chi connectivity index (χ3v) is 5.52. The highest BCUT2D eigenvalue weighted by atomic mass is 32.2. The summed E-state index contributed by atoms with van der Waals surface area (Å²) in [6.45, 7) is 0. The van der Waals surface area contributed by atoms with Crippen LogP contribution in [0.25, 0.3) is 0 Å². The first-order valence-electron chi connectivity index (χ1n) is 7.19. The molecule has 0 amide bonds. The van der Waals surface area contributed by atoms with E-state index in [1.54, 1.807) is 12.1 Å². The molecule has 3 rings (SSSR count). The van der Waals surface area contributed by atoms with Gasteiger partial charge in [0, 0.05) is 23.8 Å². The molecule has 6 heteroatoms. The van der Waals surface area contributed by atoms with Gasteiger partial charge in [0.2, 0.25) is 10.0 Å². The Bertz CT molecular complexity index is 567. The second kappa shape index (κ2) is 5.35. The fourth-order valence-electron chi connectivity index (χ4n) is 2.60. The minimum absolute atomic E-state index is 0.134. The van der Waals surface area contributed by atoms with Crippen molar-refractivity contribution in [1.82, 2.24) is 4.72 Å². The molecule has 0 saturated heterocycles. The fourth-order valence-corrected chi connectivity index (χ4v) is 3.91. The van der Waals surface area contributed by atoms with Crippen molar-refractivity contribution in [2.24, 2.45) is 5.73 Å². The van der Waals surface area contributed by atoms with E-state index in [0.717, 1.165) is 37.8 Å². The van der Waals surface area contributed by atoms with E-state index >= 15 is 0 Å². The lowest BCUT2D eigenvalue weighted by atomic mass is 10.2. The second-order valence-corrected chi connectivity index (χ2v) is 7.48. The lowest BCUT2D eigenvalue weighted by Gasteiger charge is -2.18. The standard InChI is InChI=1S/C14H21N3O2S/c15-13-2-1-3-14(13)16-10-6-8-12(9-7-10)20(18,19)17-11-4-5-11/h6-9,11,13-14,16-17H,1-5,15H2. The van der Waals surface area contributed by atoms with Crippen molar-refractivity contribution in [2.75, 3.05) is 5.32 Å². The molecule has 1 aromatic rings. The Balaban J connectivity index is 1.67. The van der Waals surface area contributed by atoms with Gasteiger partial charge in [0.1, 0.15) is 0 Å². The van der Waals surface area contributed by atoms with E-state index in [4.69, 9.17) is 5.73 Å². The molecule has 0 radical (unpaired) electrons. The number of benzene rings is 1. The van der Waals surface area contributed by atoms with Crippen LogP contribution in [0, 0.1) is 0 Å². The van der Waals surface area contributed by atoms with Gasteiger partial charge in [-0.15, -0.1) is 0 Å². The van der Waals surface area contributed by atoms with E-state index in [0.29, 0.717) is 10.9 Å². The summed E-state index contributed by atoms with van der Waals surface area (Å²) >= 11 is 0. The van der Waals surface area contributed by atoms with Crippen molar-refractivity contribution in [3.05, 3.63) is 24.3 Å². The summed E-state index contributed by atoms with van der Waals surface area (Å²) in [5.41, 5.74) is 6.95. The van der Waals surface area contributed by atoms with Crippen molar-refractivity contribution in [2.45, 2.75) is 55.1 Å². The van der Waals surface area contributed by atoms with E-state index in [9.17, 15) is 8.42 Å². The second-order valence-electron chi connectivity index (χ2n) is 5.77. The lowest BCUT2D eigenvalue weighted by molar-refractivity contribution is 0.581. The van der Waals surface area contributed by atoms with Crippen LogP contribution in [0.5, 0.6) is 0 Å². The molecule has 2 saturated carbocycles. The highest BCUT2D eigenvalue weighted by Crippen LogP contribution is 2.24. The molecule has 2 aliphatic carbocycles. The molecule has 2 atom stereocenters. The van der Waals surface area contributed by atoms with Gasteiger partial charge in [-0.3, -0.25) is 0 Å². The Labute approximate surface area is 120 Å². The van der Waals surface area contributed by atoms with Gasteiger partial charge in [0.15, 0.2) is 0 Å². The highest BCUT2D eigenvalue weighted by molar-refractivity contribution is 7.89. The third kappa shape index (κ3) is 3.13. The molecule has 0 spiro atoms. The number of rotatable bonds is 5. The van der Waals surface area contributed by atoms with Gasteiger partial charge in [-0.2, -0.15) is 0 Å². The maximum absolute atomic E-state index is 12.0. The van der Waals surface area contributed by atoms with Gasteiger partial charge in [0.25, 0.3) is 0 Å². The molecule has 0 aliphatic heterocycles. The quantitative estimate of drug-likeness (QED) is 0.767. The summed E-state index contributed by atoms with van der Waals surface area (Å²) in [7, 11) is -3.35. The van der Waals surface area contributed by atoms with E-state index in [2.05, 4.69) is 10.0 Å². The third-order valence-electron chi connectivity index (χ3n) is 3.99. The zero-order valence-corrected chi connectivity index (χ0v) is 12.2. The van der Waals surface area contributed by atoms with E-state index in [1.807, 2.05) is 12.1 Å². The van der Waals surface area contributed by atoms with Crippen LogP contribution in [-0.2, 0) is 10.0 Å². The molecule has 1 aromatic carbocycles. The fraction of sp³-hybridized carbons (Fsp3) is 0.571. The molecule has 0 bridgehead atoms. The zero-order valence-electron chi connectivity index (χ0n) is 11.4. The van der Waals surface area contributed by atoms with Gasteiger partial charge >= 0.3 is 0 Å². The number of nitrogens with two attached hydrogens (primary N) is 1. The molecule has 0 heterocycles. The van der Waals surface area contributed by atoms with E-state index in [-0.39, 0.29) is 12.1 Å². The first kappa shape index (κ1) is 13.9. The van der Waals surface area contributed by atoms with Gasteiger partial charge in [-0.25, -0.2) is 13.1 Å². The Kier molecular flexibility index (Phi) is 3.70. The Morgan fingerprint density at radius 3 is 2.30 bits per heavy atom. The number of nitrogens with one attached hydrogen (secondary N) is 2. The van der Waals surface area contributed by atoms with Crippen LogP contribution in [0.15, 0.2) is 29.2 Å². The Hall–Kier alpha value is -1.11. The summed E-state index contributed by atoms with van der Waals surface area (Å²) < 4.78 is 26.8. The Morgan fingerprint density at radius 1 is 1.05 bits per heavy atom. The van der Waals surface area contributed by atoms with E-state index < -0.39 is 10.0 Å². The van der Waals surface area contributed by atoms with Crippen LogP contribution in [0.3, 0.4) is 0 Å². The number of sulfonamides is 1. The first-order valence-corrected chi connectivity index (χ1v) is 8.67. The maximum atomic E-state index is 12.0. The molecule has 4 N–H and O–H groups in total. The average molecular weight is 295 g/mol. The van der Waals surface area contributed by atoms with Crippen molar-refractivity contribution in [3.63, 3.8) is 0 Å². The summed E-state index contributed by atoms with van der Waals surface area (Å²) in [6, 6.07) is 7.53. The predicted molar refractivity (Wildman–Crippen MR) is 79.0 cm³/mol. The Morgan fingerprint density at radius 2 is 1.75 bits per heavy atom. The minimum Gasteiger partial charge on any atom is -0.381 e. The molecule has 110 valence electrons. The molecule has 2 unspecified atom stereocenters. The first-order chi connectivity index (χ1) is 9.54. The average Bonchev–Trinajstić information content (AvgIpc) is 3.12. The molecule has 0 aromatic heterocycles. The normalized spacial score (nSPS) is 26.6. The number of anilines is 1. The van der Waals surface area contributed by atoms with Gasteiger partial charge in [-0.05, 0) is 56.4 Å². The summed E-state index contributed by atoms with van der Waals surface area (Å²) in [4.78, 5) is 0.325. The summed E-state index contributed by atoms with van der Waals surface area (Å²) in [6.07, 6.45) is 5.16. The van der Waals surface area contributed by atoms with Crippen LogP contribution in [0.4, 0.5) is 5.69 Å². The number of hydrogen-bond acceptors (Lipinski definition) is 4. The van der Waals surface area contributed by atoms with Crippen molar-refractivity contribution in [1.29, 1.82) is 0 Å². The smallest absolute Gasteiger partial charge is 0.240 e. The van der Waals surface area contributed by atoms with Crippen LogP contribution in [0.2, 0.25) is 0 Å². The predicted octanol–water partition coefficient (Wildman–Crippen LogP) is 1.42. The zero-order chi connectivity index (χ0) is 14.2. The largest absolute Gasteiger partial charge is 0.381 e. The van der Waals surface area contributed by atoms with Crippen LogP contribution >= 0.6 is 0 Å². The molecule has 2 fully saturated rings. The van der Waals surface area contributed by atoms with Crippen molar-refractivity contribution >= 4 is 15.7 Å². The maximum Gasteiger partial charge on any atom is 0.240 e. The van der Waals surface area contributed by atoms with Gasteiger partial charge < -0.3 is 11.1 Å². The van der Waals surface area contributed by atoms with Crippen molar-refractivity contribution in [3.8, 4) is 0 Å². The molecule has 5 nitrogen and oxygen atoms in total. The van der Waals surface area contributed by atoms with Crippen LogP contribution < -0.4 is 15.8 Å². The minimum atomic E-state index is -3.35. The SMILES string of the molecule is NC1CCCC1Nc1ccc(S(=O)(=O)NC2CC2)cc1. The molecule has 20 heavy (non-hydrogen) atoms. The van der Waals surface area contributed by atoms with E-state index in [1.165, 1.54) is 0 Å². The molecular weight excluding hydrogens is 274 g/mol. The van der Waals surface area contributed by atoms with Crippen LogP contribution in [0.1, 0.15) is 32.1 Å². The topological polar surface area (TPSA) is 84.2 Å². The van der Waals surface area contributed by atoms with Crippen molar-refractivity contribution < 1.29 is 8.42 Å². The summed E-state index contributed by atoms with van der Waals surface area (Å²) in [5, 5.41) is 3.38. The lowest BCUT2D eigenvalue weighted by Crippen LogP contribution is -2.35. The van der Waals surface area contributed by atoms with Crippen LogP contribution in [-0.4, -0.2) is 26.5 Å². The monoisotopic (exact) mass is 295 g/mol. The molecular formula is C14H21N3O2S.